The van der Waals surface area contributed by atoms with Gasteiger partial charge in [0, 0.05) is 37.5 Å². The van der Waals surface area contributed by atoms with E-state index >= 15 is 0 Å². The lowest BCUT2D eigenvalue weighted by atomic mass is 10.1. The van der Waals surface area contributed by atoms with E-state index in [4.69, 9.17) is 9.73 Å². The molecule has 1 aromatic rings. The number of pyridine rings is 1. The van der Waals surface area contributed by atoms with Crippen molar-refractivity contribution in [2.45, 2.75) is 13.3 Å². The molecule has 0 N–H and O–H groups in total. The van der Waals surface area contributed by atoms with Gasteiger partial charge in [-0.05, 0) is 24.6 Å². The van der Waals surface area contributed by atoms with Crippen molar-refractivity contribution in [2.75, 3.05) is 26.3 Å². The molecule has 0 radical (unpaired) electrons. The summed E-state index contributed by atoms with van der Waals surface area (Å²) in [4.78, 5) is 11.2. The first-order valence-corrected chi connectivity index (χ1v) is 6.35. The number of hydrogen-bond acceptors (Lipinski definition) is 4. The molecule has 1 aromatic heterocycles. The highest BCUT2D eigenvalue weighted by molar-refractivity contribution is 5.96. The monoisotopic (exact) mass is 243 g/mol. The number of rotatable bonds is 1. The van der Waals surface area contributed by atoms with Crippen LogP contribution < -0.4 is 0 Å². The molecule has 1 saturated heterocycles. The van der Waals surface area contributed by atoms with Crippen LogP contribution in [0.4, 0.5) is 0 Å². The number of aliphatic imine (C=N–C) groups is 1. The van der Waals surface area contributed by atoms with E-state index < -0.39 is 0 Å². The number of hydrogen-bond donors (Lipinski definition) is 0. The molecule has 0 spiro atoms. The molecule has 0 aliphatic carbocycles. The summed E-state index contributed by atoms with van der Waals surface area (Å²) in [5.41, 5.74) is 3.60. The first kappa shape index (κ1) is 11.4. The highest BCUT2D eigenvalue weighted by atomic mass is 16.5. The van der Waals surface area contributed by atoms with Crippen LogP contribution in [0.15, 0.2) is 35.1 Å². The summed E-state index contributed by atoms with van der Waals surface area (Å²) in [6.07, 6.45) is 4.59. The second kappa shape index (κ2) is 4.90. The quantitative estimate of drug-likeness (QED) is 0.756. The maximum atomic E-state index is 5.38. The summed E-state index contributed by atoms with van der Waals surface area (Å²) < 4.78 is 5.38. The molecular formula is C14H17N3O. The van der Waals surface area contributed by atoms with Crippen LogP contribution in [0.1, 0.15) is 18.9 Å². The first-order chi connectivity index (χ1) is 8.84. The average molecular weight is 243 g/mol. The van der Waals surface area contributed by atoms with E-state index in [9.17, 15) is 0 Å². The van der Waals surface area contributed by atoms with E-state index in [2.05, 4.69) is 16.8 Å². The van der Waals surface area contributed by atoms with Crippen LogP contribution in [0, 0.1) is 0 Å². The topological polar surface area (TPSA) is 37.7 Å². The molecule has 0 unspecified atom stereocenters. The van der Waals surface area contributed by atoms with E-state index in [0.29, 0.717) is 0 Å². The maximum Gasteiger partial charge on any atom is 0.109 e. The lowest BCUT2D eigenvalue weighted by Crippen LogP contribution is -2.40. The standard InChI is InChI=1S/C14H17N3O/c1-11-10-13(17-6-8-18-9-7-17)16-14(11)12-2-4-15-5-3-12/h2-5H,6-10H2,1H3. The van der Waals surface area contributed by atoms with Gasteiger partial charge in [0.2, 0.25) is 0 Å². The van der Waals surface area contributed by atoms with Gasteiger partial charge in [0.25, 0.3) is 0 Å². The van der Waals surface area contributed by atoms with Gasteiger partial charge in [-0.25, -0.2) is 4.99 Å². The molecule has 1 fully saturated rings. The Morgan fingerprint density at radius 1 is 1.17 bits per heavy atom. The predicted molar refractivity (Wildman–Crippen MR) is 71.3 cm³/mol. The number of morpholine rings is 1. The molecule has 18 heavy (non-hydrogen) atoms. The summed E-state index contributed by atoms with van der Waals surface area (Å²) in [5, 5.41) is 0. The zero-order valence-electron chi connectivity index (χ0n) is 10.6. The van der Waals surface area contributed by atoms with E-state index in [0.717, 1.165) is 44.0 Å². The number of amidine groups is 1. The van der Waals surface area contributed by atoms with Crippen molar-refractivity contribution in [1.82, 2.24) is 9.88 Å². The Balaban J connectivity index is 1.82. The molecule has 3 heterocycles. The number of ether oxygens (including phenoxy) is 1. The summed E-state index contributed by atoms with van der Waals surface area (Å²) in [5.74, 6) is 1.18. The van der Waals surface area contributed by atoms with Gasteiger partial charge in [0.05, 0.1) is 18.9 Å². The summed E-state index contributed by atoms with van der Waals surface area (Å²) >= 11 is 0. The molecular weight excluding hydrogens is 226 g/mol. The van der Waals surface area contributed by atoms with Crippen LogP contribution in [-0.4, -0.2) is 42.0 Å². The Morgan fingerprint density at radius 2 is 1.89 bits per heavy atom. The predicted octanol–water partition coefficient (Wildman–Crippen LogP) is 1.95. The normalized spacial score (nSPS) is 20.3. The third kappa shape index (κ3) is 2.16. The zero-order chi connectivity index (χ0) is 12.4. The summed E-state index contributed by atoms with van der Waals surface area (Å²) in [6, 6.07) is 4.04. The molecule has 4 nitrogen and oxygen atoms in total. The number of aromatic nitrogens is 1. The molecule has 3 rings (SSSR count). The van der Waals surface area contributed by atoms with Gasteiger partial charge in [-0.3, -0.25) is 4.98 Å². The van der Waals surface area contributed by atoms with Crippen molar-refractivity contribution < 1.29 is 4.74 Å². The zero-order valence-corrected chi connectivity index (χ0v) is 10.6. The fourth-order valence-electron chi connectivity index (χ4n) is 2.41. The van der Waals surface area contributed by atoms with Gasteiger partial charge in [-0.1, -0.05) is 0 Å². The van der Waals surface area contributed by atoms with Gasteiger partial charge in [0.1, 0.15) is 5.84 Å². The Hall–Kier alpha value is -1.68. The van der Waals surface area contributed by atoms with Crippen LogP contribution in [-0.2, 0) is 4.74 Å². The Labute approximate surface area is 107 Å². The first-order valence-electron chi connectivity index (χ1n) is 6.35. The highest BCUT2D eigenvalue weighted by Gasteiger charge is 2.22. The van der Waals surface area contributed by atoms with Crippen molar-refractivity contribution in [2.24, 2.45) is 4.99 Å². The Kier molecular flexibility index (Phi) is 3.11. The Bertz CT molecular complexity index is 487. The summed E-state index contributed by atoms with van der Waals surface area (Å²) in [6.45, 7) is 5.68. The SMILES string of the molecule is CC1=C(c2ccncc2)N=C(N2CCOCC2)C1. The fourth-order valence-corrected chi connectivity index (χ4v) is 2.41. The van der Waals surface area contributed by atoms with Crippen LogP contribution in [0.3, 0.4) is 0 Å². The molecule has 0 bridgehead atoms. The van der Waals surface area contributed by atoms with E-state index in [1.54, 1.807) is 0 Å². The third-order valence-corrected chi connectivity index (χ3v) is 3.40. The Morgan fingerprint density at radius 3 is 2.61 bits per heavy atom. The second-order valence-corrected chi connectivity index (χ2v) is 4.67. The van der Waals surface area contributed by atoms with Crippen LogP contribution in [0.25, 0.3) is 5.70 Å². The molecule has 0 atom stereocenters. The molecule has 0 amide bonds. The lowest BCUT2D eigenvalue weighted by molar-refractivity contribution is 0.0675. The maximum absolute atomic E-state index is 5.38. The van der Waals surface area contributed by atoms with Crippen LogP contribution in [0.5, 0.6) is 0 Å². The molecule has 2 aliphatic rings. The molecule has 0 saturated carbocycles. The van der Waals surface area contributed by atoms with Gasteiger partial charge in [-0.15, -0.1) is 0 Å². The molecule has 0 aromatic carbocycles. The minimum absolute atomic E-state index is 0.808. The van der Waals surface area contributed by atoms with Gasteiger partial charge in [0.15, 0.2) is 0 Å². The minimum Gasteiger partial charge on any atom is -0.378 e. The highest BCUT2D eigenvalue weighted by Crippen LogP contribution is 2.29. The molecule has 4 heteroatoms. The number of nitrogens with zero attached hydrogens (tertiary/aromatic N) is 3. The summed E-state index contributed by atoms with van der Waals surface area (Å²) in [7, 11) is 0. The van der Waals surface area contributed by atoms with Crippen molar-refractivity contribution in [3.8, 4) is 0 Å². The molecule has 2 aliphatic heterocycles. The van der Waals surface area contributed by atoms with Crippen molar-refractivity contribution in [3.05, 3.63) is 35.7 Å². The molecule has 94 valence electrons. The van der Waals surface area contributed by atoms with Crippen molar-refractivity contribution >= 4 is 11.5 Å². The minimum atomic E-state index is 0.808. The van der Waals surface area contributed by atoms with E-state index in [1.807, 2.05) is 24.5 Å². The smallest absolute Gasteiger partial charge is 0.109 e. The lowest BCUT2D eigenvalue weighted by Gasteiger charge is -2.28. The third-order valence-electron chi connectivity index (χ3n) is 3.40. The van der Waals surface area contributed by atoms with Crippen molar-refractivity contribution in [1.29, 1.82) is 0 Å². The van der Waals surface area contributed by atoms with E-state index in [-0.39, 0.29) is 0 Å². The average Bonchev–Trinajstić information content (AvgIpc) is 2.83. The fraction of sp³-hybridized carbons (Fsp3) is 0.429. The van der Waals surface area contributed by atoms with Crippen LogP contribution in [0.2, 0.25) is 0 Å². The van der Waals surface area contributed by atoms with Crippen molar-refractivity contribution in [3.63, 3.8) is 0 Å². The van der Waals surface area contributed by atoms with Gasteiger partial charge >= 0.3 is 0 Å². The van der Waals surface area contributed by atoms with Gasteiger partial charge in [-0.2, -0.15) is 0 Å². The van der Waals surface area contributed by atoms with Gasteiger partial charge < -0.3 is 9.64 Å². The van der Waals surface area contributed by atoms with E-state index in [1.165, 1.54) is 11.4 Å². The second-order valence-electron chi connectivity index (χ2n) is 4.67. The largest absolute Gasteiger partial charge is 0.378 e. The van der Waals surface area contributed by atoms with Crippen LogP contribution >= 0.6 is 0 Å².